The van der Waals surface area contributed by atoms with Crippen LogP contribution in [0, 0.1) is 6.92 Å². The van der Waals surface area contributed by atoms with E-state index < -0.39 is 0 Å². The SMILES string of the molecule is Cc1ccc2c(c1)nc(-c1ccc(CN)cc1)n2C1CC1. The number of imidazole rings is 1. The molecule has 0 aliphatic heterocycles. The van der Waals surface area contributed by atoms with E-state index in [-0.39, 0.29) is 0 Å². The Morgan fingerprint density at radius 2 is 1.90 bits per heavy atom. The molecule has 1 fully saturated rings. The summed E-state index contributed by atoms with van der Waals surface area (Å²) in [6, 6.07) is 15.6. The summed E-state index contributed by atoms with van der Waals surface area (Å²) in [5.74, 6) is 1.08. The van der Waals surface area contributed by atoms with Crippen LogP contribution in [0.2, 0.25) is 0 Å². The van der Waals surface area contributed by atoms with Gasteiger partial charge in [0.15, 0.2) is 0 Å². The van der Waals surface area contributed by atoms with Crippen LogP contribution in [0.1, 0.15) is 30.0 Å². The molecule has 1 aliphatic rings. The van der Waals surface area contributed by atoms with Gasteiger partial charge in [0.05, 0.1) is 11.0 Å². The minimum atomic E-state index is 0.582. The Morgan fingerprint density at radius 1 is 1.14 bits per heavy atom. The maximum atomic E-state index is 5.68. The van der Waals surface area contributed by atoms with Crippen molar-refractivity contribution in [1.29, 1.82) is 0 Å². The average Bonchev–Trinajstić information content (AvgIpc) is 3.28. The number of hydrogen-bond donors (Lipinski definition) is 1. The van der Waals surface area contributed by atoms with Gasteiger partial charge in [-0.05, 0) is 43.0 Å². The van der Waals surface area contributed by atoms with E-state index >= 15 is 0 Å². The topological polar surface area (TPSA) is 43.8 Å². The summed E-state index contributed by atoms with van der Waals surface area (Å²) in [5, 5.41) is 0. The van der Waals surface area contributed by atoms with Crippen LogP contribution in [0.4, 0.5) is 0 Å². The third-order valence-corrected chi connectivity index (χ3v) is 4.20. The Labute approximate surface area is 124 Å². The van der Waals surface area contributed by atoms with Crippen LogP contribution in [-0.4, -0.2) is 9.55 Å². The fourth-order valence-electron chi connectivity index (χ4n) is 2.90. The summed E-state index contributed by atoms with van der Waals surface area (Å²) in [6.07, 6.45) is 2.51. The maximum absolute atomic E-state index is 5.68. The molecule has 4 rings (SSSR count). The zero-order valence-corrected chi connectivity index (χ0v) is 12.2. The number of aromatic nitrogens is 2. The summed E-state index contributed by atoms with van der Waals surface area (Å²) in [5.41, 5.74) is 11.6. The molecule has 0 amide bonds. The number of nitrogens with two attached hydrogens (primary N) is 1. The van der Waals surface area contributed by atoms with Crippen LogP contribution in [-0.2, 0) is 6.54 Å². The van der Waals surface area contributed by atoms with Gasteiger partial charge >= 0.3 is 0 Å². The second kappa shape index (κ2) is 4.71. The third-order valence-electron chi connectivity index (χ3n) is 4.20. The van der Waals surface area contributed by atoms with Crippen molar-refractivity contribution in [1.82, 2.24) is 9.55 Å². The summed E-state index contributed by atoms with van der Waals surface area (Å²) >= 11 is 0. The van der Waals surface area contributed by atoms with Crippen LogP contribution in [0.15, 0.2) is 42.5 Å². The molecule has 106 valence electrons. The molecular weight excluding hydrogens is 258 g/mol. The first-order valence-electron chi connectivity index (χ1n) is 7.54. The van der Waals surface area contributed by atoms with Crippen molar-refractivity contribution in [3.63, 3.8) is 0 Å². The number of nitrogens with zero attached hydrogens (tertiary/aromatic N) is 2. The van der Waals surface area contributed by atoms with Crippen molar-refractivity contribution in [3.05, 3.63) is 53.6 Å². The lowest BCUT2D eigenvalue weighted by Crippen LogP contribution is -1.99. The number of hydrogen-bond acceptors (Lipinski definition) is 2. The molecule has 2 N–H and O–H groups in total. The number of fused-ring (bicyclic) bond motifs is 1. The van der Waals surface area contributed by atoms with Crippen molar-refractivity contribution in [2.75, 3.05) is 0 Å². The minimum Gasteiger partial charge on any atom is -0.326 e. The highest BCUT2D eigenvalue weighted by Crippen LogP contribution is 2.41. The predicted molar refractivity (Wildman–Crippen MR) is 86.1 cm³/mol. The van der Waals surface area contributed by atoms with E-state index in [0.717, 1.165) is 16.9 Å². The van der Waals surface area contributed by atoms with E-state index in [4.69, 9.17) is 10.7 Å². The summed E-state index contributed by atoms with van der Waals surface area (Å²) < 4.78 is 2.41. The minimum absolute atomic E-state index is 0.582. The Hall–Kier alpha value is -2.13. The zero-order valence-electron chi connectivity index (χ0n) is 12.2. The average molecular weight is 277 g/mol. The van der Waals surface area contributed by atoms with Crippen molar-refractivity contribution in [3.8, 4) is 11.4 Å². The molecule has 1 saturated carbocycles. The molecule has 21 heavy (non-hydrogen) atoms. The van der Waals surface area contributed by atoms with Gasteiger partial charge in [-0.3, -0.25) is 0 Å². The van der Waals surface area contributed by atoms with Gasteiger partial charge in [0.1, 0.15) is 5.82 Å². The van der Waals surface area contributed by atoms with Crippen LogP contribution in [0.3, 0.4) is 0 Å². The van der Waals surface area contributed by atoms with E-state index in [1.165, 1.54) is 29.5 Å². The number of aryl methyl sites for hydroxylation is 1. The summed E-state index contributed by atoms with van der Waals surface area (Å²) in [6.45, 7) is 2.70. The van der Waals surface area contributed by atoms with Crippen molar-refractivity contribution in [2.24, 2.45) is 5.73 Å². The Bertz CT molecular complexity index is 795. The quantitative estimate of drug-likeness (QED) is 0.791. The Kier molecular flexibility index (Phi) is 2.82. The highest BCUT2D eigenvalue weighted by atomic mass is 15.1. The van der Waals surface area contributed by atoms with Gasteiger partial charge in [0.25, 0.3) is 0 Å². The second-order valence-corrected chi connectivity index (χ2v) is 5.93. The summed E-state index contributed by atoms with van der Waals surface area (Å²) in [4.78, 5) is 4.89. The third kappa shape index (κ3) is 2.14. The van der Waals surface area contributed by atoms with Gasteiger partial charge in [-0.25, -0.2) is 4.98 Å². The van der Waals surface area contributed by atoms with Crippen LogP contribution >= 0.6 is 0 Å². The molecule has 0 radical (unpaired) electrons. The van der Waals surface area contributed by atoms with Crippen molar-refractivity contribution < 1.29 is 0 Å². The lowest BCUT2D eigenvalue weighted by molar-refractivity contribution is 0.775. The summed E-state index contributed by atoms with van der Waals surface area (Å²) in [7, 11) is 0. The first kappa shape index (κ1) is 12.6. The van der Waals surface area contributed by atoms with E-state index in [0.29, 0.717) is 12.6 Å². The Morgan fingerprint density at radius 3 is 2.57 bits per heavy atom. The molecule has 3 nitrogen and oxygen atoms in total. The predicted octanol–water partition coefficient (Wildman–Crippen LogP) is 3.81. The molecule has 1 heterocycles. The smallest absolute Gasteiger partial charge is 0.141 e. The van der Waals surface area contributed by atoms with Gasteiger partial charge in [0.2, 0.25) is 0 Å². The molecule has 3 heteroatoms. The molecule has 0 bridgehead atoms. The fourth-order valence-corrected chi connectivity index (χ4v) is 2.90. The van der Waals surface area contributed by atoms with E-state index in [2.05, 4.69) is 54.0 Å². The van der Waals surface area contributed by atoms with Crippen molar-refractivity contribution in [2.45, 2.75) is 32.4 Å². The van der Waals surface area contributed by atoms with Crippen molar-refractivity contribution >= 4 is 11.0 Å². The van der Waals surface area contributed by atoms with Gasteiger partial charge in [0, 0.05) is 18.2 Å². The number of rotatable bonds is 3. The molecule has 0 atom stereocenters. The van der Waals surface area contributed by atoms with E-state index in [1.807, 2.05) is 0 Å². The molecule has 2 aromatic carbocycles. The lowest BCUT2D eigenvalue weighted by Gasteiger charge is -2.08. The monoisotopic (exact) mass is 277 g/mol. The number of benzene rings is 2. The van der Waals surface area contributed by atoms with Crippen LogP contribution < -0.4 is 5.73 Å². The van der Waals surface area contributed by atoms with E-state index in [9.17, 15) is 0 Å². The standard InChI is InChI=1S/C18H19N3/c1-12-2-9-17-16(10-12)20-18(21(17)15-7-8-15)14-5-3-13(11-19)4-6-14/h2-6,9-10,15H,7-8,11,19H2,1H3. The van der Waals surface area contributed by atoms with Gasteiger partial charge < -0.3 is 10.3 Å². The first-order chi connectivity index (χ1) is 10.3. The normalized spacial score (nSPS) is 14.8. The van der Waals surface area contributed by atoms with Gasteiger partial charge in [-0.1, -0.05) is 30.3 Å². The van der Waals surface area contributed by atoms with Crippen LogP contribution in [0.25, 0.3) is 22.4 Å². The largest absolute Gasteiger partial charge is 0.326 e. The molecule has 0 unspecified atom stereocenters. The first-order valence-corrected chi connectivity index (χ1v) is 7.54. The Balaban J connectivity index is 1.91. The fraction of sp³-hybridized carbons (Fsp3) is 0.278. The zero-order chi connectivity index (χ0) is 14.4. The molecule has 3 aromatic rings. The second-order valence-electron chi connectivity index (χ2n) is 5.93. The highest BCUT2D eigenvalue weighted by molar-refractivity contribution is 5.81. The maximum Gasteiger partial charge on any atom is 0.141 e. The molecular formula is C18H19N3. The van der Waals surface area contributed by atoms with Crippen LogP contribution in [0.5, 0.6) is 0 Å². The lowest BCUT2D eigenvalue weighted by atomic mass is 10.1. The van der Waals surface area contributed by atoms with Gasteiger partial charge in [-0.15, -0.1) is 0 Å². The molecule has 0 saturated heterocycles. The molecule has 1 aliphatic carbocycles. The molecule has 0 spiro atoms. The molecule has 1 aromatic heterocycles. The van der Waals surface area contributed by atoms with E-state index in [1.54, 1.807) is 0 Å². The van der Waals surface area contributed by atoms with Gasteiger partial charge in [-0.2, -0.15) is 0 Å². The highest BCUT2D eigenvalue weighted by Gasteiger charge is 2.28.